The average molecular weight is 520 g/mol. The van der Waals surface area contributed by atoms with Gasteiger partial charge in [0.15, 0.2) is 0 Å². The lowest BCUT2D eigenvalue weighted by Gasteiger charge is -2.21. The fourth-order valence-electron chi connectivity index (χ4n) is 4.77. The van der Waals surface area contributed by atoms with E-state index in [0.29, 0.717) is 36.5 Å². The Hall–Kier alpha value is -4.09. The first kappa shape index (κ1) is 25.6. The molecule has 0 aliphatic carbocycles. The molecule has 4 heterocycles. The van der Waals surface area contributed by atoms with Crippen LogP contribution >= 0.6 is 0 Å². The molecule has 2 amide bonds. The quantitative estimate of drug-likeness (QED) is 0.338. The molecule has 1 aliphatic rings. The molecule has 1 saturated heterocycles. The third kappa shape index (κ3) is 5.43. The number of hydrogen-bond donors (Lipinski definition) is 2. The summed E-state index contributed by atoms with van der Waals surface area (Å²) in [5, 5.41) is 15.1. The Morgan fingerprint density at radius 3 is 2.79 bits per heavy atom. The van der Waals surface area contributed by atoms with E-state index in [4.69, 9.17) is 14.6 Å². The summed E-state index contributed by atoms with van der Waals surface area (Å²) in [6.07, 6.45) is 5.57. The lowest BCUT2D eigenvalue weighted by molar-refractivity contribution is 0.0210. The third-order valence-electron chi connectivity index (χ3n) is 6.59. The number of rotatable bonds is 8. The Morgan fingerprint density at radius 1 is 1.26 bits per heavy atom. The second kappa shape index (κ2) is 11.1. The maximum atomic E-state index is 13.9. The number of anilines is 1. The summed E-state index contributed by atoms with van der Waals surface area (Å²) in [5.74, 6) is -0.0612. The number of benzene rings is 1. The van der Waals surface area contributed by atoms with Crippen LogP contribution in [0.1, 0.15) is 30.1 Å². The van der Waals surface area contributed by atoms with Crippen molar-refractivity contribution in [1.82, 2.24) is 29.9 Å². The number of carbonyl (C=O) groups excluding carboxylic acids is 1. The molecule has 0 spiro atoms. The molecule has 0 saturated carbocycles. The van der Waals surface area contributed by atoms with Gasteiger partial charge in [0.2, 0.25) is 5.95 Å². The van der Waals surface area contributed by atoms with Crippen LogP contribution in [-0.2, 0) is 16.5 Å². The molecule has 10 nitrogen and oxygen atoms in total. The topological polar surface area (TPSA) is 108 Å². The number of pyridine rings is 1. The van der Waals surface area contributed by atoms with E-state index in [1.807, 2.05) is 50.5 Å². The van der Waals surface area contributed by atoms with Crippen molar-refractivity contribution in [3.8, 4) is 16.9 Å². The van der Waals surface area contributed by atoms with E-state index >= 15 is 0 Å². The first-order valence-corrected chi connectivity index (χ1v) is 12.4. The fraction of sp³-hybridized carbons (Fsp3) is 0.333. The molecule has 1 aromatic carbocycles. The van der Waals surface area contributed by atoms with Crippen molar-refractivity contribution in [2.45, 2.75) is 38.0 Å². The highest BCUT2D eigenvalue weighted by Gasteiger charge is 2.37. The van der Waals surface area contributed by atoms with Crippen molar-refractivity contribution in [2.75, 3.05) is 19.0 Å². The Kier molecular flexibility index (Phi) is 7.47. The number of aromatic nitrogens is 5. The Bertz CT molecular complexity index is 1400. The Morgan fingerprint density at radius 2 is 2.08 bits per heavy atom. The van der Waals surface area contributed by atoms with E-state index in [1.54, 1.807) is 28.7 Å². The zero-order valence-electron chi connectivity index (χ0n) is 21.5. The number of nitrogens with one attached hydrogen (secondary N) is 2. The van der Waals surface area contributed by atoms with Gasteiger partial charge in [0, 0.05) is 44.3 Å². The summed E-state index contributed by atoms with van der Waals surface area (Å²) in [7, 11) is 3.47. The zero-order chi connectivity index (χ0) is 26.6. The molecule has 2 N–H and O–H groups in total. The number of hydrogen-bond acceptors (Lipinski definition) is 6. The van der Waals surface area contributed by atoms with Gasteiger partial charge in [-0.05, 0) is 49.6 Å². The first-order chi connectivity index (χ1) is 18.4. The number of amides is 2. The van der Waals surface area contributed by atoms with Gasteiger partial charge in [0.25, 0.3) is 0 Å². The SMILES string of the molecule is COCC[C@@H]1C[C@@H](NC(=O)Nc2c(C)c(-c3cnn(C)c3)nn2-c2ccccc2)[C@H](c2ccnc(F)c2)O1. The van der Waals surface area contributed by atoms with Gasteiger partial charge in [-0.3, -0.25) is 10.00 Å². The first-order valence-electron chi connectivity index (χ1n) is 12.4. The molecule has 3 atom stereocenters. The van der Waals surface area contributed by atoms with E-state index in [-0.39, 0.29) is 12.1 Å². The van der Waals surface area contributed by atoms with E-state index in [9.17, 15) is 9.18 Å². The van der Waals surface area contributed by atoms with Gasteiger partial charge in [0.1, 0.15) is 17.6 Å². The van der Waals surface area contributed by atoms with Gasteiger partial charge in [-0.2, -0.15) is 14.6 Å². The summed E-state index contributed by atoms with van der Waals surface area (Å²) >= 11 is 0. The number of carbonyl (C=O) groups is 1. The summed E-state index contributed by atoms with van der Waals surface area (Å²) in [5.41, 5.74) is 3.77. The summed E-state index contributed by atoms with van der Waals surface area (Å²) in [6, 6.07) is 11.8. The summed E-state index contributed by atoms with van der Waals surface area (Å²) in [6.45, 7) is 2.43. The number of ether oxygens (including phenoxy) is 2. The zero-order valence-corrected chi connectivity index (χ0v) is 21.5. The van der Waals surface area contributed by atoms with E-state index in [1.165, 1.54) is 12.3 Å². The van der Waals surface area contributed by atoms with E-state index in [0.717, 1.165) is 16.8 Å². The van der Waals surface area contributed by atoms with Gasteiger partial charge >= 0.3 is 6.03 Å². The molecular formula is C27H30FN7O3. The van der Waals surface area contributed by atoms with Crippen molar-refractivity contribution >= 4 is 11.8 Å². The molecule has 4 aromatic rings. The lowest BCUT2D eigenvalue weighted by Crippen LogP contribution is -2.40. The second-order valence-electron chi connectivity index (χ2n) is 9.28. The molecule has 11 heteroatoms. The summed E-state index contributed by atoms with van der Waals surface area (Å²) < 4.78 is 28.7. The molecule has 0 unspecified atom stereocenters. The van der Waals surface area contributed by atoms with Crippen LogP contribution < -0.4 is 10.6 Å². The standard InChI is InChI=1S/C27H30FN7O3/c1-17-24(19-15-30-34(2)16-19)33-35(20-7-5-4-6-8-20)26(17)32-27(36)31-22-14-21(10-12-37-3)38-25(22)18-9-11-29-23(28)13-18/h4-9,11,13,15-16,21-22,25H,10,12,14H2,1-3H3,(H2,31,32,36)/t21-,22-,25+/m1/s1. The van der Waals surface area contributed by atoms with Gasteiger partial charge in [-0.15, -0.1) is 0 Å². The minimum absolute atomic E-state index is 0.143. The minimum Gasteiger partial charge on any atom is -0.385 e. The van der Waals surface area contributed by atoms with E-state index < -0.39 is 18.1 Å². The van der Waals surface area contributed by atoms with Crippen LogP contribution in [0.4, 0.5) is 15.0 Å². The molecule has 38 heavy (non-hydrogen) atoms. The summed E-state index contributed by atoms with van der Waals surface area (Å²) in [4.78, 5) is 17.0. The molecular weight excluding hydrogens is 489 g/mol. The van der Waals surface area contributed by atoms with Gasteiger partial charge < -0.3 is 14.8 Å². The predicted octanol–water partition coefficient (Wildman–Crippen LogP) is 4.17. The monoisotopic (exact) mass is 519 g/mol. The van der Waals surface area contributed by atoms with E-state index in [2.05, 4.69) is 20.7 Å². The van der Waals surface area contributed by atoms with Gasteiger partial charge in [-0.1, -0.05) is 18.2 Å². The Labute approximate surface area is 219 Å². The molecule has 3 aromatic heterocycles. The molecule has 198 valence electrons. The highest BCUT2D eigenvalue weighted by molar-refractivity contribution is 5.91. The van der Waals surface area contributed by atoms with Crippen molar-refractivity contribution < 1.29 is 18.7 Å². The number of urea groups is 1. The van der Waals surface area contributed by atoms with Crippen LogP contribution in [0.2, 0.25) is 0 Å². The number of aryl methyl sites for hydroxylation is 1. The van der Waals surface area contributed by atoms with Crippen molar-refractivity contribution in [3.05, 3.63) is 78.1 Å². The van der Waals surface area contributed by atoms with Crippen LogP contribution in [0, 0.1) is 12.9 Å². The molecule has 5 rings (SSSR count). The van der Waals surface area contributed by atoms with Crippen molar-refractivity contribution in [2.24, 2.45) is 7.05 Å². The normalized spacial score (nSPS) is 19.0. The van der Waals surface area contributed by atoms with Crippen LogP contribution in [0.25, 0.3) is 16.9 Å². The highest BCUT2D eigenvalue weighted by Crippen LogP contribution is 2.35. The van der Waals surface area contributed by atoms with Gasteiger partial charge in [-0.25, -0.2) is 14.5 Å². The fourth-order valence-corrected chi connectivity index (χ4v) is 4.77. The Balaban J connectivity index is 1.41. The van der Waals surface area contributed by atoms with Crippen LogP contribution in [0.15, 0.2) is 61.1 Å². The largest absolute Gasteiger partial charge is 0.385 e. The van der Waals surface area contributed by atoms with Crippen molar-refractivity contribution in [3.63, 3.8) is 0 Å². The van der Waals surface area contributed by atoms with Crippen LogP contribution in [-0.4, -0.2) is 56.4 Å². The lowest BCUT2D eigenvalue weighted by atomic mass is 10.0. The molecule has 0 radical (unpaired) electrons. The maximum absolute atomic E-state index is 13.9. The maximum Gasteiger partial charge on any atom is 0.320 e. The minimum atomic E-state index is -0.597. The van der Waals surface area contributed by atoms with Crippen LogP contribution in [0.5, 0.6) is 0 Å². The average Bonchev–Trinajstić information content (AvgIpc) is 3.61. The smallest absolute Gasteiger partial charge is 0.320 e. The highest BCUT2D eigenvalue weighted by atomic mass is 19.1. The van der Waals surface area contributed by atoms with Crippen LogP contribution in [0.3, 0.4) is 0 Å². The predicted molar refractivity (Wildman–Crippen MR) is 139 cm³/mol. The van der Waals surface area contributed by atoms with Crippen molar-refractivity contribution in [1.29, 1.82) is 0 Å². The molecule has 1 aliphatic heterocycles. The molecule has 1 fully saturated rings. The third-order valence-corrected chi connectivity index (χ3v) is 6.59. The molecule has 0 bridgehead atoms. The second-order valence-corrected chi connectivity index (χ2v) is 9.28. The number of nitrogens with zero attached hydrogens (tertiary/aromatic N) is 5. The number of methoxy groups -OCH3 is 1. The number of para-hydroxylation sites is 1. The van der Waals surface area contributed by atoms with Gasteiger partial charge in [0.05, 0.1) is 24.0 Å². The number of halogens is 1.